The molecule has 130 valence electrons. The normalized spacial score (nSPS) is 10.7. The average Bonchev–Trinajstić information content (AvgIpc) is 3.01. The van der Waals surface area contributed by atoms with Crippen LogP contribution in [-0.4, -0.2) is 24.1 Å². The fourth-order valence-corrected chi connectivity index (χ4v) is 3.21. The van der Waals surface area contributed by atoms with Crippen LogP contribution in [0.1, 0.15) is 24.2 Å². The molecule has 2 aromatic carbocycles. The standard InChI is InChI=1S/C18H17FN2O3S/c1-3-23-13-9-8-11(10-14(13)24-4-2)17(22)21-18-20-16-12(19)6-5-7-15(16)25-18/h5-10H,3-4H2,1-2H3,(H,20,21,22). The van der Waals surface area contributed by atoms with E-state index in [2.05, 4.69) is 10.3 Å². The maximum absolute atomic E-state index is 13.7. The first kappa shape index (κ1) is 17.2. The fourth-order valence-electron chi connectivity index (χ4n) is 2.33. The Morgan fingerprint density at radius 2 is 1.92 bits per heavy atom. The molecular formula is C18H17FN2O3S. The summed E-state index contributed by atoms with van der Waals surface area (Å²) in [5.74, 6) is 0.340. The molecule has 0 aliphatic rings. The van der Waals surface area contributed by atoms with Gasteiger partial charge in [0.15, 0.2) is 16.6 Å². The van der Waals surface area contributed by atoms with Gasteiger partial charge in [-0.05, 0) is 44.2 Å². The number of thiazole rings is 1. The summed E-state index contributed by atoms with van der Waals surface area (Å²) in [6.07, 6.45) is 0. The van der Waals surface area contributed by atoms with E-state index in [-0.39, 0.29) is 11.4 Å². The molecule has 7 heteroatoms. The Labute approximate surface area is 148 Å². The number of carbonyl (C=O) groups excluding carboxylic acids is 1. The van der Waals surface area contributed by atoms with E-state index < -0.39 is 5.82 Å². The van der Waals surface area contributed by atoms with Gasteiger partial charge in [-0.25, -0.2) is 9.37 Å². The van der Waals surface area contributed by atoms with Crippen molar-refractivity contribution in [2.45, 2.75) is 13.8 Å². The van der Waals surface area contributed by atoms with Crippen molar-refractivity contribution in [2.75, 3.05) is 18.5 Å². The molecule has 3 rings (SSSR count). The predicted octanol–water partition coefficient (Wildman–Crippen LogP) is 4.49. The molecule has 0 fully saturated rings. The summed E-state index contributed by atoms with van der Waals surface area (Å²) in [4.78, 5) is 16.6. The average molecular weight is 360 g/mol. The van der Waals surface area contributed by atoms with Crippen LogP contribution in [0.25, 0.3) is 10.2 Å². The highest BCUT2D eigenvalue weighted by molar-refractivity contribution is 7.22. The largest absolute Gasteiger partial charge is 0.490 e. The zero-order valence-electron chi connectivity index (χ0n) is 13.8. The molecule has 1 aromatic heterocycles. The molecule has 1 amide bonds. The van der Waals surface area contributed by atoms with Crippen LogP contribution in [0.3, 0.4) is 0 Å². The number of rotatable bonds is 6. The molecule has 5 nitrogen and oxygen atoms in total. The maximum atomic E-state index is 13.7. The number of hydrogen-bond donors (Lipinski definition) is 1. The highest BCUT2D eigenvalue weighted by atomic mass is 32.1. The van der Waals surface area contributed by atoms with Crippen LogP contribution in [0, 0.1) is 5.82 Å². The van der Waals surface area contributed by atoms with Crippen LogP contribution >= 0.6 is 11.3 Å². The number of carbonyl (C=O) groups is 1. The summed E-state index contributed by atoms with van der Waals surface area (Å²) in [7, 11) is 0. The Kier molecular flexibility index (Phi) is 5.14. The molecule has 0 saturated carbocycles. The molecule has 0 aliphatic heterocycles. The van der Waals surface area contributed by atoms with Gasteiger partial charge in [0.2, 0.25) is 0 Å². The quantitative estimate of drug-likeness (QED) is 0.704. The minimum atomic E-state index is -0.408. The molecule has 3 aromatic rings. The first-order valence-electron chi connectivity index (χ1n) is 7.88. The van der Waals surface area contributed by atoms with Crippen molar-refractivity contribution < 1.29 is 18.7 Å². The van der Waals surface area contributed by atoms with Gasteiger partial charge >= 0.3 is 0 Å². The SMILES string of the molecule is CCOc1ccc(C(=O)Nc2nc3c(F)cccc3s2)cc1OCC. The van der Waals surface area contributed by atoms with Crippen molar-refractivity contribution in [3.8, 4) is 11.5 Å². The van der Waals surface area contributed by atoms with Gasteiger partial charge in [0.1, 0.15) is 11.3 Å². The van der Waals surface area contributed by atoms with Gasteiger partial charge in [-0.3, -0.25) is 10.1 Å². The molecule has 0 bridgehead atoms. The number of amides is 1. The smallest absolute Gasteiger partial charge is 0.257 e. The lowest BCUT2D eigenvalue weighted by molar-refractivity contribution is 0.102. The molecule has 25 heavy (non-hydrogen) atoms. The number of halogens is 1. The minimum absolute atomic E-state index is 0.254. The monoisotopic (exact) mass is 360 g/mol. The Morgan fingerprint density at radius 3 is 2.64 bits per heavy atom. The summed E-state index contributed by atoms with van der Waals surface area (Å²) < 4.78 is 25.4. The summed E-state index contributed by atoms with van der Waals surface area (Å²) in [5.41, 5.74) is 0.663. The number of hydrogen-bond acceptors (Lipinski definition) is 5. The van der Waals surface area contributed by atoms with Crippen LogP contribution in [0.15, 0.2) is 36.4 Å². The molecule has 0 radical (unpaired) electrons. The second kappa shape index (κ2) is 7.48. The number of aromatic nitrogens is 1. The van der Waals surface area contributed by atoms with E-state index in [4.69, 9.17) is 9.47 Å². The van der Waals surface area contributed by atoms with Crippen molar-refractivity contribution in [1.82, 2.24) is 4.98 Å². The first-order valence-corrected chi connectivity index (χ1v) is 8.70. The van der Waals surface area contributed by atoms with Crippen LogP contribution in [-0.2, 0) is 0 Å². The lowest BCUT2D eigenvalue weighted by atomic mass is 10.2. The third kappa shape index (κ3) is 3.71. The van der Waals surface area contributed by atoms with Gasteiger partial charge < -0.3 is 9.47 Å². The minimum Gasteiger partial charge on any atom is -0.490 e. The van der Waals surface area contributed by atoms with Crippen molar-refractivity contribution in [3.05, 3.63) is 47.8 Å². The van der Waals surface area contributed by atoms with Gasteiger partial charge in [-0.15, -0.1) is 0 Å². The molecule has 1 N–H and O–H groups in total. The summed E-state index contributed by atoms with van der Waals surface area (Å²) >= 11 is 1.22. The third-order valence-corrected chi connectivity index (χ3v) is 4.33. The fraction of sp³-hybridized carbons (Fsp3) is 0.222. The molecule has 0 unspecified atom stereocenters. The Morgan fingerprint density at radius 1 is 1.16 bits per heavy atom. The maximum Gasteiger partial charge on any atom is 0.257 e. The number of nitrogens with zero attached hydrogens (tertiary/aromatic N) is 1. The van der Waals surface area contributed by atoms with E-state index in [1.807, 2.05) is 13.8 Å². The van der Waals surface area contributed by atoms with E-state index >= 15 is 0 Å². The number of nitrogens with one attached hydrogen (secondary N) is 1. The number of fused-ring (bicyclic) bond motifs is 1. The molecular weight excluding hydrogens is 343 g/mol. The highest BCUT2D eigenvalue weighted by Gasteiger charge is 2.14. The zero-order valence-corrected chi connectivity index (χ0v) is 14.7. The van der Waals surface area contributed by atoms with Gasteiger partial charge in [0, 0.05) is 5.56 Å². The second-order valence-electron chi connectivity index (χ2n) is 5.09. The Balaban J connectivity index is 1.84. The van der Waals surface area contributed by atoms with E-state index in [1.54, 1.807) is 30.3 Å². The topological polar surface area (TPSA) is 60.5 Å². The lowest BCUT2D eigenvalue weighted by Gasteiger charge is -2.12. The molecule has 1 heterocycles. The van der Waals surface area contributed by atoms with E-state index in [9.17, 15) is 9.18 Å². The molecule has 0 spiro atoms. The van der Waals surface area contributed by atoms with E-state index in [0.29, 0.717) is 40.1 Å². The summed E-state index contributed by atoms with van der Waals surface area (Å²) in [5, 5.41) is 3.05. The first-order chi connectivity index (χ1) is 12.1. The van der Waals surface area contributed by atoms with Crippen LogP contribution in [0.2, 0.25) is 0 Å². The van der Waals surface area contributed by atoms with Gasteiger partial charge in [-0.1, -0.05) is 17.4 Å². The molecule has 0 atom stereocenters. The van der Waals surface area contributed by atoms with Crippen molar-refractivity contribution in [1.29, 1.82) is 0 Å². The lowest BCUT2D eigenvalue weighted by Crippen LogP contribution is -2.12. The molecule has 0 saturated heterocycles. The van der Waals surface area contributed by atoms with E-state index in [0.717, 1.165) is 0 Å². The van der Waals surface area contributed by atoms with E-state index in [1.165, 1.54) is 17.4 Å². The van der Waals surface area contributed by atoms with Gasteiger partial charge in [0.25, 0.3) is 5.91 Å². The number of ether oxygens (including phenoxy) is 2. The number of benzene rings is 2. The van der Waals surface area contributed by atoms with Crippen molar-refractivity contribution in [2.24, 2.45) is 0 Å². The zero-order chi connectivity index (χ0) is 17.8. The van der Waals surface area contributed by atoms with Gasteiger partial charge in [0.05, 0.1) is 17.9 Å². The predicted molar refractivity (Wildman–Crippen MR) is 96.3 cm³/mol. The number of anilines is 1. The number of para-hydroxylation sites is 1. The van der Waals surface area contributed by atoms with Gasteiger partial charge in [-0.2, -0.15) is 0 Å². The van der Waals surface area contributed by atoms with Crippen molar-refractivity contribution in [3.63, 3.8) is 0 Å². The highest BCUT2D eigenvalue weighted by Crippen LogP contribution is 2.30. The third-order valence-electron chi connectivity index (χ3n) is 3.40. The molecule has 0 aliphatic carbocycles. The van der Waals surface area contributed by atoms with Crippen LogP contribution in [0.5, 0.6) is 11.5 Å². The summed E-state index contributed by atoms with van der Waals surface area (Å²) in [6.45, 7) is 4.70. The summed E-state index contributed by atoms with van der Waals surface area (Å²) in [6, 6.07) is 9.68. The Hall–Kier alpha value is -2.67. The van der Waals surface area contributed by atoms with Crippen molar-refractivity contribution >= 4 is 32.6 Å². The van der Waals surface area contributed by atoms with Crippen LogP contribution < -0.4 is 14.8 Å². The Bertz CT molecular complexity index is 910. The van der Waals surface area contributed by atoms with Crippen LogP contribution in [0.4, 0.5) is 9.52 Å². The second-order valence-corrected chi connectivity index (χ2v) is 6.12.